The zero-order valence-electron chi connectivity index (χ0n) is 17.6. The Morgan fingerprint density at radius 2 is 1.91 bits per heavy atom. The molecule has 0 spiro atoms. The number of benzene rings is 1. The molecule has 0 saturated heterocycles. The molecule has 8 nitrogen and oxygen atoms in total. The molecule has 0 atom stereocenters. The summed E-state index contributed by atoms with van der Waals surface area (Å²) in [6.07, 6.45) is -3.45. The number of imide groups is 1. The van der Waals surface area contributed by atoms with Crippen LogP contribution in [-0.2, 0) is 20.5 Å². The van der Waals surface area contributed by atoms with E-state index in [-0.39, 0.29) is 5.69 Å². The third-order valence-corrected chi connectivity index (χ3v) is 4.77. The second-order valence-electron chi connectivity index (χ2n) is 6.70. The van der Waals surface area contributed by atoms with E-state index in [0.29, 0.717) is 17.0 Å². The van der Waals surface area contributed by atoms with E-state index < -0.39 is 46.8 Å². The number of aromatic nitrogens is 1. The summed E-state index contributed by atoms with van der Waals surface area (Å²) >= 11 is 5.69. The van der Waals surface area contributed by atoms with Gasteiger partial charge in [-0.2, -0.15) is 18.4 Å². The van der Waals surface area contributed by atoms with E-state index in [2.05, 4.69) is 5.32 Å². The summed E-state index contributed by atoms with van der Waals surface area (Å²) in [4.78, 5) is 34.7. The second-order valence-corrected chi connectivity index (χ2v) is 7.10. The Bertz CT molecular complexity index is 1180. The van der Waals surface area contributed by atoms with Gasteiger partial charge in [0.05, 0.1) is 10.6 Å². The first-order valence-corrected chi connectivity index (χ1v) is 9.63. The predicted octanol–water partition coefficient (Wildman–Crippen LogP) is 3.67. The van der Waals surface area contributed by atoms with Gasteiger partial charge in [0, 0.05) is 24.1 Å². The summed E-state index contributed by atoms with van der Waals surface area (Å²) in [5.74, 6) is -2.01. The number of rotatable bonds is 5. The molecule has 2 N–H and O–H groups in total. The third kappa shape index (κ3) is 6.14. The summed E-state index contributed by atoms with van der Waals surface area (Å²) in [6, 6.07) is 5.88. The smallest absolute Gasteiger partial charge is 0.417 e. The molecule has 33 heavy (non-hydrogen) atoms. The SMILES string of the molecule is CNC(=O)NC(=O)COC(=O)/C(C#N)=C/c1cc(C)n(-c2ccc(Cl)c(C(F)(F)F)c2)c1C. The van der Waals surface area contributed by atoms with Gasteiger partial charge >= 0.3 is 18.2 Å². The van der Waals surface area contributed by atoms with Crippen LogP contribution in [0.15, 0.2) is 29.8 Å². The van der Waals surface area contributed by atoms with Gasteiger partial charge < -0.3 is 14.6 Å². The minimum absolute atomic E-state index is 0.188. The van der Waals surface area contributed by atoms with Crippen molar-refractivity contribution in [3.05, 3.63) is 57.4 Å². The molecule has 0 aliphatic heterocycles. The van der Waals surface area contributed by atoms with Crippen molar-refractivity contribution >= 4 is 35.6 Å². The van der Waals surface area contributed by atoms with Gasteiger partial charge in [-0.05, 0) is 49.8 Å². The first-order valence-electron chi connectivity index (χ1n) is 9.25. The molecule has 0 fully saturated rings. The van der Waals surface area contributed by atoms with Crippen LogP contribution in [0, 0.1) is 25.2 Å². The van der Waals surface area contributed by atoms with Crippen LogP contribution in [0.3, 0.4) is 0 Å². The van der Waals surface area contributed by atoms with Gasteiger partial charge in [0.15, 0.2) is 6.61 Å². The molecule has 0 unspecified atom stereocenters. The number of urea groups is 1. The molecule has 2 aromatic rings. The highest BCUT2D eigenvalue weighted by Gasteiger charge is 2.33. The normalized spacial score (nSPS) is 11.5. The minimum atomic E-state index is -4.65. The standard InChI is InChI=1S/C21H18ClF3N4O4/c1-11-6-13(7-14(9-26)19(31)33-10-18(30)28-20(32)27-3)12(2)29(11)15-4-5-17(22)16(8-15)21(23,24)25/h4-8H,10H2,1-3H3,(H2,27,28,30,32)/b14-7+. The van der Waals surface area contributed by atoms with E-state index in [0.717, 1.165) is 12.1 Å². The molecule has 0 saturated carbocycles. The Kier molecular flexibility index (Phi) is 7.90. The molecule has 0 aliphatic rings. The Labute approximate surface area is 191 Å². The van der Waals surface area contributed by atoms with Crippen molar-refractivity contribution in [3.8, 4) is 11.8 Å². The highest BCUT2D eigenvalue weighted by atomic mass is 35.5. The van der Waals surface area contributed by atoms with Crippen molar-refractivity contribution < 1.29 is 32.3 Å². The van der Waals surface area contributed by atoms with Crippen LogP contribution in [0.2, 0.25) is 5.02 Å². The average Bonchev–Trinajstić information content (AvgIpc) is 3.02. The lowest BCUT2D eigenvalue weighted by Crippen LogP contribution is -2.39. The Morgan fingerprint density at radius 3 is 2.48 bits per heavy atom. The highest BCUT2D eigenvalue weighted by Crippen LogP contribution is 2.36. The molecule has 12 heteroatoms. The monoisotopic (exact) mass is 482 g/mol. The van der Waals surface area contributed by atoms with E-state index in [1.165, 1.54) is 23.8 Å². The quantitative estimate of drug-likeness (QED) is 0.383. The summed E-state index contributed by atoms with van der Waals surface area (Å²) in [5, 5.41) is 12.9. The third-order valence-electron chi connectivity index (χ3n) is 4.44. The summed E-state index contributed by atoms with van der Waals surface area (Å²) in [6.45, 7) is 2.44. The van der Waals surface area contributed by atoms with Crippen molar-refractivity contribution in [2.45, 2.75) is 20.0 Å². The van der Waals surface area contributed by atoms with Gasteiger partial charge in [-0.1, -0.05) is 11.6 Å². The number of alkyl halides is 3. The topological polar surface area (TPSA) is 113 Å². The highest BCUT2D eigenvalue weighted by molar-refractivity contribution is 6.31. The van der Waals surface area contributed by atoms with Gasteiger partial charge in [0.2, 0.25) is 0 Å². The zero-order valence-corrected chi connectivity index (χ0v) is 18.4. The number of esters is 1. The van der Waals surface area contributed by atoms with Crippen LogP contribution >= 0.6 is 11.6 Å². The summed E-state index contributed by atoms with van der Waals surface area (Å²) in [5.41, 5.74) is 0.0935. The fourth-order valence-corrected chi connectivity index (χ4v) is 3.15. The van der Waals surface area contributed by atoms with Crippen molar-refractivity contribution in [1.29, 1.82) is 5.26 Å². The van der Waals surface area contributed by atoms with Crippen molar-refractivity contribution in [3.63, 3.8) is 0 Å². The van der Waals surface area contributed by atoms with E-state index in [1.807, 2.05) is 5.32 Å². The Balaban J connectivity index is 2.33. The summed E-state index contributed by atoms with van der Waals surface area (Å²) in [7, 11) is 1.29. The number of nitriles is 1. The van der Waals surface area contributed by atoms with Gasteiger partial charge in [-0.25, -0.2) is 9.59 Å². The molecule has 0 bridgehead atoms. The molecule has 1 aromatic carbocycles. The number of halogens is 4. The van der Waals surface area contributed by atoms with E-state index >= 15 is 0 Å². The lowest BCUT2D eigenvalue weighted by molar-refractivity contribution is -0.144. The molecule has 2 rings (SSSR count). The van der Waals surface area contributed by atoms with E-state index in [4.69, 9.17) is 16.3 Å². The van der Waals surface area contributed by atoms with E-state index in [9.17, 15) is 32.8 Å². The van der Waals surface area contributed by atoms with Gasteiger partial charge in [0.1, 0.15) is 11.6 Å². The van der Waals surface area contributed by atoms with Crippen LogP contribution in [0.4, 0.5) is 18.0 Å². The minimum Gasteiger partial charge on any atom is -0.451 e. The molecule has 1 aromatic heterocycles. The molecular weight excluding hydrogens is 465 g/mol. The first-order chi connectivity index (χ1) is 15.4. The van der Waals surface area contributed by atoms with Crippen molar-refractivity contribution in [2.24, 2.45) is 0 Å². The van der Waals surface area contributed by atoms with Gasteiger partial charge in [-0.15, -0.1) is 0 Å². The van der Waals surface area contributed by atoms with Crippen molar-refractivity contribution in [2.75, 3.05) is 13.7 Å². The number of nitrogens with one attached hydrogen (secondary N) is 2. The lowest BCUT2D eigenvalue weighted by atomic mass is 10.1. The number of nitrogens with zero attached hydrogens (tertiary/aromatic N) is 2. The number of aryl methyl sites for hydroxylation is 1. The van der Waals surface area contributed by atoms with Gasteiger partial charge in [0.25, 0.3) is 5.91 Å². The maximum absolute atomic E-state index is 13.2. The molecule has 174 valence electrons. The molecule has 1 heterocycles. The second kappa shape index (κ2) is 10.2. The van der Waals surface area contributed by atoms with E-state index in [1.54, 1.807) is 26.0 Å². The molecular formula is C21H18ClF3N4O4. The van der Waals surface area contributed by atoms with Crippen molar-refractivity contribution in [1.82, 2.24) is 15.2 Å². The zero-order chi connectivity index (χ0) is 24.9. The molecule has 0 radical (unpaired) electrons. The number of hydrogen-bond donors (Lipinski definition) is 2. The summed E-state index contributed by atoms with van der Waals surface area (Å²) < 4.78 is 45.9. The maximum atomic E-state index is 13.2. The number of amides is 3. The largest absolute Gasteiger partial charge is 0.451 e. The number of carbonyl (C=O) groups is 3. The predicted molar refractivity (Wildman–Crippen MR) is 112 cm³/mol. The van der Waals surface area contributed by atoms with Crippen LogP contribution in [0.25, 0.3) is 11.8 Å². The van der Waals surface area contributed by atoms with Crippen LogP contribution in [0.5, 0.6) is 0 Å². The Morgan fingerprint density at radius 1 is 1.24 bits per heavy atom. The van der Waals surface area contributed by atoms with Crippen LogP contribution in [0.1, 0.15) is 22.5 Å². The number of carbonyl (C=O) groups excluding carboxylic acids is 3. The lowest BCUT2D eigenvalue weighted by Gasteiger charge is -2.14. The fraction of sp³-hybridized carbons (Fsp3) is 0.238. The van der Waals surface area contributed by atoms with Gasteiger partial charge in [-0.3, -0.25) is 10.1 Å². The first kappa shape index (κ1) is 25.5. The fourth-order valence-electron chi connectivity index (χ4n) is 2.93. The number of ether oxygens (including phenoxy) is 1. The molecule has 3 amide bonds. The number of hydrogen-bond acceptors (Lipinski definition) is 5. The van der Waals surface area contributed by atoms with Crippen LogP contribution < -0.4 is 10.6 Å². The Hall–Kier alpha value is -3.78. The maximum Gasteiger partial charge on any atom is 0.417 e. The molecule has 0 aliphatic carbocycles. The average molecular weight is 483 g/mol. The van der Waals surface area contributed by atoms with Crippen LogP contribution in [-0.4, -0.2) is 36.1 Å².